The number of aromatic nitrogens is 6. The van der Waals surface area contributed by atoms with Crippen LogP contribution in [-0.2, 0) is 49.9 Å². The predicted molar refractivity (Wildman–Crippen MR) is 298 cm³/mol. The molecule has 0 amide bonds. The number of carbonyl (C=O) groups is 2. The van der Waals surface area contributed by atoms with Crippen molar-refractivity contribution >= 4 is 132 Å². The Morgan fingerprint density at radius 2 is 0.771 bits per heavy atom. The Bertz CT molecular complexity index is 4400. The van der Waals surface area contributed by atoms with Crippen molar-refractivity contribution in [3.8, 4) is 23.5 Å². The smallest absolute Gasteiger partial charge is 0.870 e. The Kier molecular flexibility index (Phi) is 35.5. The molecule has 0 radical (unpaired) electrons. The number of carboxylic acids is 2. The summed E-state index contributed by atoms with van der Waals surface area (Å²) in [5.74, 6) is -7.74. The molecule has 8 N–H and O–H groups in total. The Labute approximate surface area is 677 Å². The number of anilines is 6. The van der Waals surface area contributed by atoms with Gasteiger partial charge in [-0.05, 0) is 95.8 Å². The molecule has 96 heavy (non-hydrogen) atoms. The molecule has 0 saturated heterocycles. The van der Waals surface area contributed by atoms with Gasteiger partial charge >= 0.3 is 177 Å². The maximum Gasteiger partial charge on any atom is 1.00 e. The third kappa shape index (κ3) is 23.8. The van der Waals surface area contributed by atoms with Crippen LogP contribution in [0.25, 0.3) is 21.5 Å². The van der Waals surface area contributed by atoms with E-state index in [1.807, 2.05) is 0 Å². The Balaban J connectivity index is 0.00000523. The quantitative estimate of drug-likeness (QED) is 0.00934. The predicted octanol–water partition coefficient (Wildman–Crippen LogP) is -16.2. The normalized spacial score (nSPS) is 11.5. The number of hydrogen-bond acceptors (Lipinski definition) is 32. The largest absolute Gasteiger partial charge is 1.00 e. The van der Waals surface area contributed by atoms with Crippen molar-refractivity contribution in [3.63, 3.8) is 0 Å². The number of unbranched alkanes of at least 4 members (excludes halogenated alkanes) is 1. The van der Waals surface area contributed by atoms with Gasteiger partial charge in [0, 0.05) is 62.0 Å². The molecule has 474 valence electrons. The third-order valence-corrected chi connectivity index (χ3v) is 15.6. The minimum atomic E-state index is -5.33. The van der Waals surface area contributed by atoms with Gasteiger partial charge in [0.1, 0.15) is 9.79 Å². The van der Waals surface area contributed by atoms with Gasteiger partial charge in [0.2, 0.25) is 23.8 Å². The molecule has 8 aromatic rings. The molecule has 8 rings (SSSR count). The van der Waals surface area contributed by atoms with Crippen LogP contribution in [0.3, 0.4) is 0 Å². The average Bonchev–Trinajstić information content (AvgIpc) is 0.755. The SMILES string of the molecule is O=C([O-])c1ccccc1N=Nc1c(S(=O)(=O)O)cc2cc(S(=O)(=O)O)cc(Nc3nc([O-])nc(NCCCOCCCCOCCCNc4nc([O-])nc(Nc5cc(S(=O)(=O)O)cc6cc(S(=O)(=O)O)c(N=Nc7ccccc7C(=O)[O-])c([O-])c56)n4)n3)c2c1[O-].[Na+].[Na+].[Na+].[Na+].[Na+].[Na+]. The maximum atomic E-state index is 14.0. The fraction of sp³-hybridized carbons (Fsp3) is 0.200. The zero-order valence-corrected chi connectivity index (χ0v) is 66.7. The maximum absolute atomic E-state index is 14.0. The first-order valence-corrected chi connectivity index (χ1v) is 31.2. The minimum Gasteiger partial charge on any atom is -0.870 e. The molecule has 0 atom stereocenters. The summed E-state index contributed by atoms with van der Waals surface area (Å²) in [6.07, 6.45) is 1.84. The van der Waals surface area contributed by atoms with E-state index in [-0.39, 0.29) is 227 Å². The first-order chi connectivity index (χ1) is 42.5. The van der Waals surface area contributed by atoms with E-state index in [9.17, 15) is 92.1 Å². The van der Waals surface area contributed by atoms with E-state index < -0.39 is 163 Å². The second-order valence-corrected chi connectivity index (χ2v) is 24.0. The van der Waals surface area contributed by atoms with E-state index >= 15 is 0 Å². The van der Waals surface area contributed by atoms with Crippen molar-refractivity contribution in [3.05, 3.63) is 96.1 Å². The molecular weight excluding hydrogens is 1410 g/mol. The van der Waals surface area contributed by atoms with Crippen LogP contribution in [0.5, 0.6) is 23.5 Å². The van der Waals surface area contributed by atoms with E-state index in [4.69, 9.17) is 9.47 Å². The van der Waals surface area contributed by atoms with Crippen molar-refractivity contribution in [2.24, 2.45) is 20.5 Å². The van der Waals surface area contributed by atoms with Gasteiger partial charge in [-0.15, -0.1) is 20.5 Å². The number of hydrogen-bond donors (Lipinski definition) is 8. The first kappa shape index (κ1) is 88.0. The number of azo groups is 2. The van der Waals surface area contributed by atoms with Crippen LogP contribution in [-0.4, -0.2) is 133 Å². The van der Waals surface area contributed by atoms with Crippen molar-refractivity contribution in [2.45, 2.75) is 45.3 Å². The van der Waals surface area contributed by atoms with Crippen LogP contribution >= 0.6 is 0 Å². The minimum absolute atomic E-state index is 0. The van der Waals surface area contributed by atoms with E-state index in [1.165, 1.54) is 24.3 Å². The number of carboxylic acid groups (broad SMARTS) is 2. The zero-order chi connectivity index (χ0) is 65.3. The molecular formula is C50H42N14Na6O22S4. The van der Waals surface area contributed by atoms with E-state index in [0.717, 1.165) is 36.4 Å². The van der Waals surface area contributed by atoms with Gasteiger partial charge in [0.25, 0.3) is 40.5 Å². The molecule has 46 heteroatoms. The Morgan fingerprint density at radius 1 is 0.438 bits per heavy atom. The molecule has 0 aliphatic carbocycles. The molecule has 36 nitrogen and oxygen atoms in total. The zero-order valence-electron chi connectivity index (χ0n) is 51.4. The molecule has 0 bridgehead atoms. The Hall–Kier alpha value is -4.04. The van der Waals surface area contributed by atoms with Gasteiger partial charge in [-0.25, -0.2) is 19.9 Å². The summed E-state index contributed by atoms with van der Waals surface area (Å²) < 4.78 is 150. The first-order valence-electron chi connectivity index (χ1n) is 25.5. The van der Waals surface area contributed by atoms with Crippen LogP contribution < -0.4 is 229 Å². The molecule has 0 saturated carbocycles. The van der Waals surface area contributed by atoms with Crippen LogP contribution in [0, 0.1) is 0 Å². The molecule has 0 aliphatic heterocycles. The molecule has 0 fully saturated rings. The molecule has 2 aromatic heterocycles. The summed E-state index contributed by atoms with van der Waals surface area (Å²) >= 11 is 0. The van der Waals surface area contributed by atoms with Crippen LogP contribution in [0.1, 0.15) is 46.4 Å². The fourth-order valence-electron chi connectivity index (χ4n) is 8.23. The van der Waals surface area contributed by atoms with E-state index in [2.05, 4.69) is 71.6 Å². The van der Waals surface area contributed by atoms with Crippen LogP contribution in [0.4, 0.5) is 57.9 Å². The van der Waals surface area contributed by atoms with Gasteiger partial charge in [-0.3, -0.25) is 18.2 Å². The number of aromatic carboxylic acids is 2. The number of carbonyl (C=O) groups excluding carboxylic acids is 2. The molecule has 0 spiro atoms. The van der Waals surface area contributed by atoms with Crippen LogP contribution in [0.15, 0.2) is 125 Å². The topological polar surface area (TPSA) is 583 Å². The van der Waals surface area contributed by atoms with Gasteiger partial charge in [0.05, 0.1) is 56.5 Å². The molecule has 0 unspecified atom stereocenters. The van der Waals surface area contributed by atoms with E-state index in [0.29, 0.717) is 63.2 Å². The standard InChI is InChI=1S/C50H48N14O22S4.6Na/c65-41-37-25(21-35(89(79,80)81)39(41)63-61-31-11-3-1-9-29(31)43(67)68)19-27(87(73,74)75)23-33(37)53-47-55-45(57-49(71)59-47)51-13-7-17-85-15-5-6-16-86-18-8-14-52-46-56-48(60-50(72)58-46)54-34-24-28(88(76,77)78)20-26-22-36(90(82,83)84)40(42(66)38(26)34)64-62-32-12-4-2-10-30(32)44(69)70;;;;;;/h1-4,9-12,19-24,65-66H,5-8,13-18H2,(H,67,68)(H,69,70)(H,73,74,75)(H,76,77,78)(H,79,80,81)(H,82,83,84)(H3,51,53,55,57,59,71)(H3,52,54,56,58,60,72);;;;;;/q;6*+1/p-6. The van der Waals surface area contributed by atoms with Crippen molar-refractivity contribution in [1.29, 1.82) is 0 Å². The molecule has 2 heterocycles. The summed E-state index contributed by atoms with van der Waals surface area (Å²) in [5, 5.41) is 99.5. The number of rotatable bonds is 29. The summed E-state index contributed by atoms with van der Waals surface area (Å²) in [7, 11) is -20.8. The fourth-order valence-corrected chi connectivity index (χ4v) is 10.6. The summed E-state index contributed by atoms with van der Waals surface area (Å²) in [4.78, 5) is 41.8. The number of benzene rings is 6. The van der Waals surface area contributed by atoms with Crippen LogP contribution in [0.2, 0.25) is 0 Å². The summed E-state index contributed by atoms with van der Waals surface area (Å²) in [6, 6.07) is 11.7. The summed E-state index contributed by atoms with van der Waals surface area (Å²) in [5.41, 5.74) is -4.91. The van der Waals surface area contributed by atoms with Gasteiger partial charge < -0.3 is 71.0 Å². The van der Waals surface area contributed by atoms with E-state index in [1.54, 1.807) is 0 Å². The average molecular weight is 1460 g/mol. The molecule has 0 aliphatic rings. The number of nitrogens with one attached hydrogen (secondary N) is 4. The third-order valence-electron chi connectivity index (χ3n) is 12.2. The van der Waals surface area contributed by atoms with Gasteiger partial charge in [-0.2, -0.15) is 43.6 Å². The number of ether oxygens (including phenoxy) is 2. The van der Waals surface area contributed by atoms with Gasteiger partial charge in [-0.1, -0.05) is 47.9 Å². The number of nitrogens with zero attached hydrogens (tertiary/aromatic N) is 10. The van der Waals surface area contributed by atoms with Crippen molar-refractivity contribution in [2.75, 3.05) is 60.8 Å². The molecule has 6 aromatic carbocycles. The van der Waals surface area contributed by atoms with Crippen molar-refractivity contribution in [1.82, 2.24) is 29.9 Å². The second kappa shape index (κ2) is 38.7. The Morgan fingerprint density at radius 3 is 1.10 bits per heavy atom. The monoisotopic (exact) mass is 1460 g/mol. The number of fused-ring (bicyclic) bond motifs is 2. The van der Waals surface area contributed by atoms with Crippen molar-refractivity contribution < 1.29 is 279 Å². The van der Waals surface area contributed by atoms with Gasteiger partial charge in [0.15, 0.2) is 0 Å². The summed E-state index contributed by atoms with van der Waals surface area (Å²) in [6.45, 7) is 1.33. The second-order valence-electron chi connectivity index (χ2n) is 18.4.